The number of likely N-dealkylation sites (tertiary alicyclic amines) is 1. The number of amides is 1. The Morgan fingerprint density at radius 2 is 1.81 bits per heavy atom. The smallest absolute Gasteiger partial charge is 0.223 e. The van der Waals surface area contributed by atoms with E-state index in [0.717, 1.165) is 19.5 Å². The van der Waals surface area contributed by atoms with Crippen LogP contribution in [0, 0.1) is 5.92 Å². The lowest BCUT2D eigenvalue weighted by Crippen LogP contribution is -2.46. The van der Waals surface area contributed by atoms with E-state index in [0.29, 0.717) is 32.0 Å². The molecule has 2 atom stereocenters. The van der Waals surface area contributed by atoms with Crippen LogP contribution in [0.1, 0.15) is 44.7 Å². The lowest BCUT2D eigenvalue weighted by Gasteiger charge is -2.31. The molecule has 0 spiro atoms. The van der Waals surface area contributed by atoms with E-state index in [1.165, 1.54) is 9.87 Å². The zero-order valence-corrected chi connectivity index (χ0v) is 17.1. The van der Waals surface area contributed by atoms with Crippen molar-refractivity contribution in [3.8, 4) is 0 Å². The van der Waals surface area contributed by atoms with E-state index in [1.807, 2.05) is 6.07 Å². The quantitative estimate of drug-likeness (QED) is 0.803. The van der Waals surface area contributed by atoms with E-state index < -0.39 is 10.0 Å². The van der Waals surface area contributed by atoms with Crippen LogP contribution in [0.3, 0.4) is 0 Å². The maximum atomic E-state index is 12.6. The van der Waals surface area contributed by atoms with Gasteiger partial charge < -0.3 is 5.32 Å². The summed E-state index contributed by atoms with van der Waals surface area (Å²) >= 11 is 0. The highest BCUT2D eigenvalue weighted by Crippen LogP contribution is 2.25. The van der Waals surface area contributed by atoms with E-state index in [4.69, 9.17) is 0 Å². The number of hydrogen-bond acceptors (Lipinski definition) is 4. The first-order valence-corrected chi connectivity index (χ1v) is 11.6. The van der Waals surface area contributed by atoms with Crippen molar-refractivity contribution in [3.63, 3.8) is 0 Å². The molecule has 0 aliphatic carbocycles. The van der Waals surface area contributed by atoms with Crippen LogP contribution in [0.5, 0.6) is 0 Å². The summed E-state index contributed by atoms with van der Waals surface area (Å²) in [5.41, 5.74) is 1.30. The third-order valence-corrected chi connectivity index (χ3v) is 7.86. The van der Waals surface area contributed by atoms with E-state index in [9.17, 15) is 13.2 Å². The van der Waals surface area contributed by atoms with Crippen LogP contribution in [0.25, 0.3) is 0 Å². The highest BCUT2D eigenvalue weighted by Gasteiger charge is 2.33. The minimum absolute atomic E-state index is 0.0751. The fourth-order valence-corrected chi connectivity index (χ4v) is 5.23. The van der Waals surface area contributed by atoms with E-state index >= 15 is 0 Å². The first-order valence-electron chi connectivity index (χ1n) is 9.98. The minimum Gasteiger partial charge on any atom is -0.352 e. The van der Waals surface area contributed by atoms with Crippen LogP contribution >= 0.6 is 0 Å². The average molecular weight is 394 g/mol. The molecular weight excluding hydrogens is 362 g/mol. The second-order valence-corrected chi connectivity index (χ2v) is 9.91. The van der Waals surface area contributed by atoms with Crippen LogP contribution in [0.2, 0.25) is 0 Å². The zero-order chi connectivity index (χ0) is 19.4. The summed E-state index contributed by atoms with van der Waals surface area (Å²) < 4.78 is 25.4. The normalized spacial score (nSPS) is 24.0. The van der Waals surface area contributed by atoms with Gasteiger partial charge in [-0.05, 0) is 38.7 Å². The van der Waals surface area contributed by atoms with Gasteiger partial charge in [-0.3, -0.25) is 9.69 Å². The number of sulfonamides is 1. The van der Waals surface area contributed by atoms with Crippen molar-refractivity contribution in [3.05, 3.63) is 35.9 Å². The summed E-state index contributed by atoms with van der Waals surface area (Å²) in [6, 6.07) is 11.0. The van der Waals surface area contributed by atoms with Crippen molar-refractivity contribution in [2.24, 2.45) is 5.92 Å². The Balaban J connectivity index is 1.47. The molecule has 150 valence electrons. The molecule has 0 aromatic heterocycles. The molecular formula is C20H31N3O3S. The first kappa shape index (κ1) is 20.3. The maximum Gasteiger partial charge on any atom is 0.223 e. The molecule has 0 saturated carbocycles. The Hall–Kier alpha value is -1.44. The third kappa shape index (κ3) is 4.89. The number of piperidine rings is 1. The Kier molecular flexibility index (Phi) is 6.55. The molecule has 1 aromatic rings. The number of benzene rings is 1. The molecule has 2 saturated heterocycles. The predicted octanol–water partition coefficient (Wildman–Crippen LogP) is 2.00. The van der Waals surface area contributed by atoms with Crippen molar-refractivity contribution in [1.29, 1.82) is 0 Å². The molecule has 1 N–H and O–H groups in total. The number of rotatable bonds is 6. The van der Waals surface area contributed by atoms with Gasteiger partial charge in [-0.1, -0.05) is 30.3 Å². The highest BCUT2D eigenvalue weighted by atomic mass is 32.2. The summed E-state index contributed by atoms with van der Waals surface area (Å²) in [5, 5.41) is 3.20. The first-order chi connectivity index (χ1) is 12.9. The van der Waals surface area contributed by atoms with Gasteiger partial charge in [0.2, 0.25) is 15.9 Å². The molecule has 2 heterocycles. The molecule has 2 fully saturated rings. The van der Waals surface area contributed by atoms with Crippen molar-refractivity contribution >= 4 is 15.9 Å². The second kappa shape index (κ2) is 8.71. The summed E-state index contributed by atoms with van der Waals surface area (Å²) in [5.74, 6) is 0.137. The van der Waals surface area contributed by atoms with Gasteiger partial charge >= 0.3 is 0 Å². The summed E-state index contributed by atoms with van der Waals surface area (Å²) in [6.45, 7) is 6.63. The van der Waals surface area contributed by atoms with Gasteiger partial charge in [-0.15, -0.1) is 0 Å². The van der Waals surface area contributed by atoms with E-state index in [1.54, 1.807) is 6.92 Å². The van der Waals surface area contributed by atoms with Crippen LogP contribution < -0.4 is 5.32 Å². The standard InChI is InChI=1S/C20H31N3O3S/c1-3-27(25,26)23-13-9-18(10-14-23)20(24)21-19-11-12-22(15-19)16(2)17-7-5-4-6-8-17/h4-8,16,18-19H,3,9-15H2,1-2H3,(H,21,24). The molecule has 0 bridgehead atoms. The SMILES string of the molecule is CCS(=O)(=O)N1CCC(C(=O)NC2CCN(C(C)c3ccccc3)C2)CC1. The lowest BCUT2D eigenvalue weighted by atomic mass is 9.97. The molecule has 2 unspecified atom stereocenters. The molecule has 2 aliphatic heterocycles. The van der Waals surface area contributed by atoms with Gasteiger partial charge in [0.05, 0.1) is 5.75 Å². The summed E-state index contributed by atoms with van der Waals surface area (Å²) in [6.07, 6.45) is 2.19. The van der Waals surface area contributed by atoms with Crippen LogP contribution in [0.4, 0.5) is 0 Å². The predicted molar refractivity (Wildman–Crippen MR) is 107 cm³/mol. The number of nitrogens with zero attached hydrogens (tertiary/aromatic N) is 2. The van der Waals surface area contributed by atoms with Gasteiger partial charge in [0.15, 0.2) is 0 Å². The van der Waals surface area contributed by atoms with Crippen molar-refractivity contribution in [2.75, 3.05) is 31.9 Å². The van der Waals surface area contributed by atoms with Crippen LogP contribution in [0.15, 0.2) is 30.3 Å². The van der Waals surface area contributed by atoms with Gasteiger partial charge in [0.1, 0.15) is 0 Å². The van der Waals surface area contributed by atoms with Gasteiger partial charge in [-0.2, -0.15) is 0 Å². The average Bonchev–Trinajstić information content (AvgIpc) is 3.16. The summed E-state index contributed by atoms with van der Waals surface area (Å²) in [7, 11) is -3.14. The van der Waals surface area contributed by atoms with Gasteiger partial charge in [0.25, 0.3) is 0 Å². The van der Waals surface area contributed by atoms with E-state index in [2.05, 4.69) is 41.4 Å². The second-order valence-electron chi connectivity index (χ2n) is 7.65. The number of carbonyl (C=O) groups excluding carboxylic acids is 1. The fraction of sp³-hybridized carbons (Fsp3) is 0.650. The van der Waals surface area contributed by atoms with Gasteiger partial charge in [-0.25, -0.2) is 12.7 Å². The monoisotopic (exact) mass is 393 g/mol. The van der Waals surface area contributed by atoms with Crippen LogP contribution in [-0.2, 0) is 14.8 Å². The van der Waals surface area contributed by atoms with Crippen molar-refractivity contribution < 1.29 is 13.2 Å². The topological polar surface area (TPSA) is 69.7 Å². The highest BCUT2D eigenvalue weighted by molar-refractivity contribution is 7.89. The van der Waals surface area contributed by atoms with Crippen molar-refractivity contribution in [1.82, 2.24) is 14.5 Å². The fourth-order valence-electron chi connectivity index (χ4n) is 4.10. The Morgan fingerprint density at radius 1 is 1.15 bits per heavy atom. The molecule has 3 rings (SSSR count). The molecule has 27 heavy (non-hydrogen) atoms. The maximum absolute atomic E-state index is 12.6. The molecule has 7 heteroatoms. The van der Waals surface area contributed by atoms with E-state index in [-0.39, 0.29) is 23.6 Å². The Bertz CT molecular complexity index is 730. The third-order valence-electron chi connectivity index (χ3n) is 5.98. The number of nitrogens with one attached hydrogen (secondary N) is 1. The molecule has 2 aliphatic rings. The number of hydrogen-bond donors (Lipinski definition) is 1. The lowest BCUT2D eigenvalue weighted by molar-refractivity contribution is -0.126. The zero-order valence-electron chi connectivity index (χ0n) is 16.3. The van der Waals surface area contributed by atoms with Crippen molar-refractivity contribution in [2.45, 2.75) is 45.2 Å². The number of carbonyl (C=O) groups is 1. The minimum atomic E-state index is -3.14. The largest absolute Gasteiger partial charge is 0.352 e. The van der Waals surface area contributed by atoms with Crippen LogP contribution in [-0.4, -0.2) is 61.5 Å². The Labute approximate surface area is 163 Å². The molecule has 1 aromatic carbocycles. The van der Waals surface area contributed by atoms with Gasteiger partial charge in [0, 0.05) is 44.2 Å². The Morgan fingerprint density at radius 3 is 2.44 bits per heavy atom. The molecule has 1 amide bonds. The summed E-state index contributed by atoms with van der Waals surface area (Å²) in [4.78, 5) is 15.0. The molecule has 0 radical (unpaired) electrons. The molecule has 6 nitrogen and oxygen atoms in total.